The highest BCUT2D eigenvalue weighted by molar-refractivity contribution is 7.90. The molecule has 2 atom stereocenters. The Bertz CT molecular complexity index is 836. The number of nitrogens with zero attached hydrogens (tertiary/aromatic N) is 1. The van der Waals surface area contributed by atoms with Crippen molar-refractivity contribution in [1.29, 1.82) is 0 Å². The second-order valence-corrected chi connectivity index (χ2v) is 8.08. The van der Waals surface area contributed by atoms with Crippen LogP contribution in [0.5, 0.6) is 0 Å². The van der Waals surface area contributed by atoms with Gasteiger partial charge in [-0.1, -0.05) is 0 Å². The Labute approximate surface area is 157 Å². The molecule has 0 aromatic heterocycles. The fourth-order valence-electron chi connectivity index (χ4n) is 2.72. The summed E-state index contributed by atoms with van der Waals surface area (Å²) in [5.41, 5.74) is 2.21. The van der Waals surface area contributed by atoms with E-state index in [0.29, 0.717) is 0 Å². The van der Waals surface area contributed by atoms with E-state index >= 15 is 0 Å². The van der Waals surface area contributed by atoms with Crippen LogP contribution in [-0.2, 0) is 27.1 Å². The van der Waals surface area contributed by atoms with E-state index < -0.39 is 44.4 Å². The molecule has 0 saturated carbocycles. The Hall–Kier alpha value is -2.02. The van der Waals surface area contributed by atoms with Crippen molar-refractivity contribution in [3.05, 3.63) is 29.3 Å². The zero-order valence-corrected chi connectivity index (χ0v) is 15.5. The minimum atomic E-state index is -5.17. The maximum atomic E-state index is 12.9. The molecule has 1 saturated heterocycles. The van der Waals surface area contributed by atoms with Crippen molar-refractivity contribution in [2.75, 3.05) is 13.1 Å². The summed E-state index contributed by atoms with van der Waals surface area (Å²) in [5.74, 6) is -0.423. The number of nitrogens with one attached hydrogen (secondary N) is 1. The first kappa shape index (κ1) is 22.3. The molecule has 1 aliphatic heterocycles. The third-order valence-corrected chi connectivity index (χ3v) is 5.20. The maximum Gasteiger partial charge on any atom is 0.416 e. The molecule has 158 valence electrons. The SMILES string of the molecule is C[C@H]1C[N+](=C(N)NS(=O)(=O)c2cc(C(F)(F)F)cc(C(F)(F)F)c2)C[C@H](C)O1. The molecule has 28 heavy (non-hydrogen) atoms. The topological polar surface area (TPSA) is 84.4 Å². The monoisotopic (exact) mass is 434 g/mol. The van der Waals surface area contributed by atoms with Gasteiger partial charge in [0.05, 0.1) is 36.4 Å². The molecule has 6 nitrogen and oxygen atoms in total. The Kier molecular flexibility index (Phi) is 5.91. The highest BCUT2D eigenvalue weighted by atomic mass is 32.2. The van der Waals surface area contributed by atoms with E-state index in [2.05, 4.69) is 0 Å². The summed E-state index contributed by atoms with van der Waals surface area (Å²) < 4.78 is 111. The average molecular weight is 434 g/mol. The van der Waals surface area contributed by atoms with Gasteiger partial charge < -0.3 is 4.74 Å². The minimum Gasteiger partial charge on any atom is -0.369 e. The van der Waals surface area contributed by atoms with E-state index in [-0.39, 0.29) is 43.5 Å². The van der Waals surface area contributed by atoms with Crippen LogP contribution in [0.3, 0.4) is 0 Å². The summed E-state index contributed by atoms with van der Waals surface area (Å²) in [6, 6.07) is 0.0856. The number of morpholine rings is 1. The molecule has 1 aliphatic rings. The summed E-state index contributed by atoms with van der Waals surface area (Å²) in [4.78, 5) is -1.20. The fourth-order valence-corrected chi connectivity index (χ4v) is 3.80. The molecule has 1 aromatic carbocycles. The van der Waals surface area contributed by atoms with Crippen LogP contribution in [0.15, 0.2) is 23.1 Å². The normalized spacial score (nSPS) is 21.5. The zero-order chi connectivity index (χ0) is 21.5. The van der Waals surface area contributed by atoms with E-state index in [1.807, 2.05) is 4.72 Å². The minimum absolute atomic E-state index is 0.120. The van der Waals surface area contributed by atoms with Crippen molar-refractivity contribution in [2.24, 2.45) is 5.73 Å². The molecule has 3 N–H and O–H groups in total. The third kappa shape index (κ3) is 5.28. The molecular weight excluding hydrogens is 416 g/mol. The standard InChI is InChI=1S/C15H17F6N3O3S/c1-8-6-24(7-9(2)27-8)13(22)23-28(25,26)12-4-10(14(16,17)18)3-11(5-12)15(19,20)21/h3-5,8-9H,6-7H2,1-2H3,(H2,22,23)/p+1/t8-,9-/m0/s1. The summed E-state index contributed by atoms with van der Waals surface area (Å²) in [6.45, 7) is 3.78. The van der Waals surface area contributed by atoms with Crippen molar-refractivity contribution in [3.8, 4) is 0 Å². The largest absolute Gasteiger partial charge is 0.416 e. The second-order valence-electron chi connectivity index (χ2n) is 6.39. The zero-order valence-electron chi connectivity index (χ0n) is 14.7. The number of guanidine groups is 1. The molecule has 13 heteroatoms. The quantitative estimate of drug-likeness (QED) is 0.425. The van der Waals surface area contributed by atoms with Crippen LogP contribution in [0.1, 0.15) is 25.0 Å². The predicted octanol–water partition coefficient (Wildman–Crippen LogP) is 2.14. The second kappa shape index (κ2) is 7.43. The van der Waals surface area contributed by atoms with Crippen LogP contribution in [-0.4, -0.2) is 44.3 Å². The van der Waals surface area contributed by atoms with Crippen LogP contribution in [0.4, 0.5) is 26.3 Å². The van der Waals surface area contributed by atoms with Crippen molar-refractivity contribution < 1.29 is 44.1 Å². The number of benzene rings is 1. The van der Waals surface area contributed by atoms with Crippen molar-refractivity contribution in [2.45, 2.75) is 43.3 Å². The van der Waals surface area contributed by atoms with Crippen molar-refractivity contribution >= 4 is 16.0 Å². The summed E-state index contributed by atoms with van der Waals surface area (Å²) >= 11 is 0. The lowest BCUT2D eigenvalue weighted by molar-refractivity contribution is -0.568. The first-order chi connectivity index (χ1) is 12.6. The lowest BCUT2D eigenvalue weighted by Crippen LogP contribution is -2.50. The van der Waals surface area contributed by atoms with Crippen molar-refractivity contribution in [3.63, 3.8) is 0 Å². The molecule has 1 heterocycles. The van der Waals surface area contributed by atoms with E-state index in [1.165, 1.54) is 4.58 Å². The van der Waals surface area contributed by atoms with Crippen LogP contribution >= 0.6 is 0 Å². The van der Waals surface area contributed by atoms with E-state index in [4.69, 9.17) is 10.5 Å². The molecule has 0 amide bonds. The number of halogens is 6. The van der Waals surface area contributed by atoms with Gasteiger partial charge in [0.1, 0.15) is 4.90 Å². The van der Waals surface area contributed by atoms with Crippen LogP contribution in [0.2, 0.25) is 0 Å². The summed E-state index contributed by atoms with van der Waals surface area (Å²) in [6.07, 6.45) is -11.0. The molecule has 2 rings (SSSR count). The number of hydrogen-bond acceptors (Lipinski definition) is 3. The predicted molar refractivity (Wildman–Crippen MR) is 86.0 cm³/mol. The molecule has 1 aromatic rings. The number of nitrogens with two attached hydrogens (primary N) is 1. The molecule has 0 aliphatic carbocycles. The lowest BCUT2D eigenvalue weighted by Gasteiger charge is -2.27. The number of hydrogen-bond donors (Lipinski definition) is 2. The average Bonchev–Trinajstić information content (AvgIpc) is 2.51. The molecule has 1 fully saturated rings. The number of ether oxygens (including phenoxy) is 1. The Balaban J connectivity index is 2.47. The number of alkyl halides is 6. The van der Waals surface area contributed by atoms with Crippen LogP contribution in [0.25, 0.3) is 0 Å². The Morgan fingerprint density at radius 3 is 1.86 bits per heavy atom. The Morgan fingerprint density at radius 2 is 1.46 bits per heavy atom. The van der Waals surface area contributed by atoms with Gasteiger partial charge in [0.2, 0.25) is 0 Å². The highest BCUT2D eigenvalue weighted by Crippen LogP contribution is 2.37. The number of rotatable bonds is 2. The van der Waals surface area contributed by atoms with Crippen molar-refractivity contribution in [1.82, 2.24) is 4.72 Å². The van der Waals surface area contributed by atoms with Gasteiger partial charge in [-0.05, 0) is 32.0 Å². The summed E-state index contributed by atoms with van der Waals surface area (Å²) in [5, 5.41) is 0. The van der Waals surface area contributed by atoms with E-state index in [9.17, 15) is 34.8 Å². The first-order valence-corrected chi connectivity index (χ1v) is 9.43. The van der Waals surface area contributed by atoms with Crippen LogP contribution < -0.4 is 10.5 Å². The number of sulfonamides is 1. The van der Waals surface area contributed by atoms with Gasteiger partial charge >= 0.3 is 28.3 Å². The highest BCUT2D eigenvalue weighted by Gasteiger charge is 2.39. The van der Waals surface area contributed by atoms with E-state index in [0.717, 1.165) is 0 Å². The lowest BCUT2D eigenvalue weighted by atomic mass is 10.1. The van der Waals surface area contributed by atoms with Gasteiger partial charge in [0.25, 0.3) is 0 Å². The van der Waals surface area contributed by atoms with Gasteiger partial charge in [-0.2, -0.15) is 39.5 Å². The molecule has 0 bridgehead atoms. The molecular formula is C15H18F6N3O3S+. The molecule has 0 spiro atoms. The first-order valence-electron chi connectivity index (χ1n) is 7.94. The molecule has 0 radical (unpaired) electrons. The smallest absolute Gasteiger partial charge is 0.369 e. The van der Waals surface area contributed by atoms with Gasteiger partial charge in [-0.15, -0.1) is 0 Å². The maximum absolute atomic E-state index is 12.9. The molecule has 0 unspecified atom stereocenters. The van der Waals surface area contributed by atoms with Gasteiger partial charge in [-0.25, -0.2) is 0 Å². The van der Waals surface area contributed by atoms with E-state index in [1.54, 1.807) is 13.8 Å². The third-order valence-electron chi connectivity index (χ3n) is 3.87. The van der Waals surface area contributed by atoms with Gasteiger partial charge in [0.15, 0.2) is 0 Å². The summed E-state index contributed by atoms with van der Waals surface area (Å²) in [7, 11) is -4.80. The van der Waals surface area contributed by atoms with Gasteiger partial charge in [-0.3, -0.25) is 10.3 Å². The Morgan fingerprint density at radius 1 is 1.04 bits per heavy atom. The van der Waals surface area contributed by atoms with Gasteiger partial charge in [0, 0.05) is 0 Å². The fraction of sp³-hybridized carbons (Fsp3) is 0.533. The van der Waals surface area contributed by atoms with Crippen LogP contribution in [0, 0.1) is 0 Å².